The number of hydrogen-bond acceptors (Lipinski definition) is 8. The molecule has 1 N–H and O–H groups in total. The summed E-state index contributed by atoms with van der Waals surface area (Å²) in [6.45, 7) is 3.51. The lowest BCUT2D eigenvalue weighted by Crippen LogP contribution is -2.39. The largest absolute Gasteiger partial charge is 0.477 e. The topological polar surface area (TPSA) is 115 Å². The molecule has 10 nitrogen and oxygen atoms in total. The average molecular weight is 567 g/mol. The monoisotopic (exact) mass is 566 g/mol. The van der Waals surface area contributed by atoms with Crippen LogP contribution in [0.2, 0.25) is 5.02 Å². The number of benzene rings is 1. The number of piperidine rings is 1. The van der Waals surface area contributed by atoms with E-state index in [1.54, 1.807) is 30.5 Å². The summed E-state index contributed by atoms with van der Waals surface area (Å²) in [5.74, 6) is -0.594. The molecule has 2 fully saturated rings. The van der Waals surface area contributed by atoms with Gasteiger partial charge in [-0.1, -0.05) is 17.7 Å². The molecule has 2 aliphatic rings. The van der Waals surface area contributed by atoms with Crippen molar-refractivity contribution in [3.8, 4) is 6.01 Å². The van der Waals surface area contributed by atoms with Crippen molar-refractivity contribution in [2.24, 2.45) is 0 Å². The van der Waals surface area contributed by atoms with Crippen molar-refractivity contribution in [1.29, 1.82) is 0 Å². The Kier molecular flexibility index (Phi) is 7.59. The van der Waals surface area contributed by atoms with Crippen LogP contribution in [-0.4, -0.2) is 72.4 Å². The highest BCUT2D eigenvalue weighted by Gasteiger charge is 2.26. The molecule has 1 atom stereocenters. The molecule has 2 saturated heterocycles. The van der Waals surface area contributed by atoms with Gasteiger partial charge >= 0.3 is 12.0 Å². The maximum atomic E-state index is 14.2. The molecule has 0 spiro atoms. The molecular weight excluding hydrogens is 539 g/mol. The van der Waals surface area contributed by atoms with Gasteiger partial charge in [0.15, 0.2) is 11.3 Å². The minimum absolute atomic E-state index is 0.00252. The predicted molar refractivity (Wildman–Crippen MR) is 144 cm³/mol. The van der Waals surface area contributed by atoms with E-state index in [1.165, 1.54) is 12.1 Å². The van der Waals surface area contributed by atoms with Gasteiger partial charge in [0.2, 0.25) is 0 Å². The zero-order valence-electron chi connectivity index (χ0n) is 21.7. The van der Waals surface area contributed by atoms with Crippen molar-refractivity contribution < 1.29 is 23.8 Å². The summed E-state index contributed by atoms with van der Waals surface area (Å²) in [6, 6.07) is 9.84. The molecule has 0 aliphatic carbocycles. The molecular formula is C28H28ClFN6O4. The fraction of sp³-hybridized carbons (Fsp3) is 0.393. The second-order valence-electron chi connectivity index (χ2n) is 10.1. The Balaban J connectivity index is 1.09. The Bertz CT molecular complexity index is 1540. The van der Waals surface area contributed by atoms with Gasteiger partial charge in [-0.25, -0.2) is 24.1 Å². The van der Waals surface area contributed by atoms with Crippen molar-refractivity contribution in [1.82, 2.24) is 29.4 Å². The molecule has 5 heterocycles. The van der Waals surface area contributed by atoms with E-state index in [2.05, 4.69) is 19.9 Å². The third-order valence-corrected chi connectivity index (χ3v) is 7.55. The van der Waals surface area contributed by atoms with E-state index >= 15 is 0 Å². The molecule has 2 aliphatic heterocycles. The van der Waals surface area contributed by atoms with E-state index in [1.807, 2.05) is 4.57 Å². The number of fused-ring (bicyclic) bond motifs is 1. The van der Waals surface area contributed by atoms with Gasteiger partial charge < -0.3 is 19.1 Å². The molecule has 12 heteroatoms. The highest BCUT2D eigenvalue weighted by molar-refractivity contribution is 6.30. The van der Waals surface area contributed by atoms with Gasteiger partial charge in [0.1, 0.15) is 23.3 Å². The third-order valence-electron chi connectivity index (χ3n) is 7.32. The van der Waals surface area contributed by atoms with Crippen LogP contribution in [-0.2, 0) is 24.2 Å². The molecule has 0 unspecified atom stereocenters. The van der Waals surface area contributed by atoms with E-state index in [0.717, 1.165) is 44.8 Å². The van der Waals surface area contributed by atoms with Gasteiger partial charge in [-0.2, -0.15) is 4.98 Å². The van der Waals surface area contributed by atoms with Gasteiger partial charge in [0.05, 0.1) is 24.9 Å². The third kappa shape index (κ3) is 5.91. The lowest BCUT2D eigenvalue weighted by molar-refractivity contribution is -0.0593. The summed E-state index contributed by atoms with van der Waals surface area (Å²) >= 11 is 5.86. The minimum atomic E-state index is -1.06. The van der Waals surface area contributed by atoms with E-state index < -0.39 is 5.97 Å². The van der Waals surface area contributed by atoms with Crippen LogP contribution in [0.25, 0.3) is 11.2 Å². The van der Waals surface area contributed by atoms with Crippen molar-refractivity contribution in [2.75, 3.05) is 19.7 Å². The van der Waals surface area contributed by atoms with Gasteiger partial charge in [-0.15, -0.1) is 0 Å². The molecule has 208 valence electrons. The van der Waals surface area contributed by atoms with Crippen LogP contribution in [0.4, 0.5) is 4.39 Å². The summed E-state index contributed by atoms with van der Waals surface area (Å²) in [4.78, 5) is 31.7. The number of aromatic carboxylic acids is 1. The molecule has 4 aromatic rings. The van der Waals surface area contributed by atoms with E-state index in [0.29, 0.717) is 47.0 Å². The Hall–Kier alpha value is -3.67. The SMILES string of the molecule is O=C(O)c1ccc2nc(CN3CCC(Oc4nccc(Cc5ccc(Cl)cc5F)n4)CC3)n(C[C@@H]3CCO3)c2n1. The van der Waals surface area contributed by atoms with Crippen LogP contribution in [0.3, 0.4) is 0 Å². The fourth-order valence-electron chi connectivity index (χ4n) is 5.04. The number of imidazole rings is 1. The van der Waals surface area contributed by atoms with Gasteiger partial charge in [0.25, 0.3) is 0 Å². The summed E-state index contributed by atoms with van der Waals surface area (Å²) in [5.41, 5.74) is 2.41. The number of nitrogens with zero attached hydrogens (tertiary/aromatic N) is 6. The zero-order chi connectivity index (χ0) is 27.6. The first-order valence-electron chi connectivity index (χ1n) is 13.3. The van der Waals surface area contributed by atoms with Crippen LogP contribution in [0.15, 0.2) is 42.6 Å². The number of carbonyl (C=O) groups is 1. The highest BCUT2D eigenvalue weighted by atomic mass is 35.5. The Morgan fingerprint density at radius 1 is 1.12 bits per heavy atom. The number of ether oxygens (including phenoxy) is 2. The van der Waals surface area contributed by atoms with Crippen LogP contribution in [0.5, 0.6) is 6.01 Å². The van der Waals surface area contributed by atoms with E-state index in [4.69, 9.17) is 26.1 Å². The van der Waals surface area contributed by atoms with Crippen molar-refractivity contribution in [2.45, 2.75) is 51.0 Å². The van der Waals surface area contributed by atoms with Gasteiger partial charge in [0, 0.05) is 37.3 Å². The second kappa shape index (κ2) is 11.4. The van der Waals surface area contributed by atoms with Crippen LogP contribution in [0, 0.1) is 5.82 Å². The smallest absolute Gasteiger partial charge is 0.354 e. The summed E-state index contributed by atoms with van der Waals surface area (Å²) < 4.78 is 28.0. The molecule has 40 heavy (non-hydrogen) atoms. The summed E-state index contributed by atoms with van der Waals surface area (Å²) in [6.07, 6.45) is 4.51. The number of halogens is 2. The summed E-state index contributed by atoms with van der Waals surface area (Å²) in [5, 5.41) is 9.76. The van der Waals surface area contributed by atoms with Gasteiger partial charge in [-0.3, -0.25) is 4.90 Å². The molecule has 0 radical (unpaired) electrons. The average Bonchev–Trinajstić information content (AvgIpc) is 3.25. The first-order valence-corrected chi connectivity index (χ1v) is 13.6. The Morgan fingerprint density at radius 2 is 1.95 bits per heavy atom. The zero-order valence-corrected chi connectivity index (χ0v) is 22.4. The first kappa shape index (κ1) is 26.5. The number of carboxylic acids is 1. The van der Waals surface area contributed by atoms with Crippen molar-refractivity contribution in [3.05, 3.63) is 76.2 Å². The number of likely N-dealkylation sites (tertiary alicyclic amines) is 1. The number of carboxylic acid groups (broad SMARTS) is 1. The molecule has 6 rings (SSSR count). The second-order valence-corrected chi connectivity index (χ2v) is 10.5. The molecule has 0 bridgehead atoms. The number of pyridine rings is 1. The van der Waals surface area contributed by atoms with E-state index in [9.17, 15) is 14.3 Å². The van der Waals surface area contributed by atoms with Crippen molar-refractivity contribution in [3.63, 3.8) is 0 Å². The maximum absolute atomic E-state index is 14.2. The number of hydrogen-bond donors (Lipinski definition) is 1. The maximum Gasteiger partial charge on any atom is 0.354 e. The minimum Gasteiger partial charge on any atom is -0.477 e. The van der Waals surface area contributed by atoms with Crippen molar-refractivity contribution >= 4 is 28.7 Å². The Labute approximate surface area is 234 Å². The predicted octanol–water partition coefficient (Wildman–Crippen LogP) is 4.14. The molecule has 0 saturated carbocycles. The van der Waals surface area contributed by atoms with Crippen LogP contribution < -0.4 is 4.74 Å². The van der Waals surface area contributed by atoms with Gasteiger partial charge in [-0.05, 0) is 55.2 Å². The standard InChI is InChI=1S/C28H28ClFN6O4/c29-18-2-1-17(22(30)14-18)13-19-5-9-31-28(32-19)40-20-6-10-35(11-7-20)16-25-33-23-3-4-24(27(37)38)34-26(23)36(25)15-21-8-12-39-21/h1-5,9,14,20-21H,6-8,10-13,15-16H2,(H,37,38)/t21-/m0/s1. The number of aromatic nitrogens is 5. The lowest BCUT2D eigenvalue weighted by atomic mass is 10.1. The first-order chi connectivity index (χ1) is 19.4. The fourth-order valence-corrected chi connectivity index (χ4v) is 5.20. The van der Waals surface area contributed by atoms with Crippen LogP contribution >= 0.6 is 11.6 Å². The lowest BCUT2D eigenvalue weighted by Gasteiger charge is -2.32. The Morgan fingerprint density at radius 3 is 2.67 bits per heavy atom. The highest BCUT2D eigenvalue weighted by Crippen LogP contribution is 2.24. The number of rotatable bonds is 9. The normalized spacial score (nSPS) is 18.1. The quantitative estimate of drug-likeness (QED) is 0.319. The summed E-state index contributed by atoms with van der Waals surface area (Å²) in [7, 11) is 0. The molecule has 1 aromatic carbocycles. The molecule has 3 aromatic heterocycles. The van der Waals surface area contributed by atoms with Crippen LogP contribution in [0.1, 0.15) is 46.8 Å². The van der Waals surface area contributed by atoms with E-state index in [-0.39, 0.29) is 29.7 Å². The molecule has 0 amide bonds.